The zero-order valence-corrected chi connectivity index (χ0v) is 20.4. The minimum atomic E-state index is -1.89. The van der Waals surface area contributed by atoms with Crippen molar-refractivity contribution in [3.05, 3.63) is 40.6 Å². The highest BCUT2D eigenvalue weighted by molar-refractivity contribution is 5.88. The Kier molecular flexibility index (Phi) is 7.53. The minimum Gasteiger partial charge on any atom is -0.508 e. The Morgan fingerprint density at radius 3 is 2.28 bits per heavy atom. The van der Waals surface area contributed by atoms with E-state index in [4.69, 9.17) is 23.4 Å². The molecule has 0 amide bonds. The zero-order valence-electron chi connectivity index (χ0n) is 20.4. The number of aliphatic hydroxyl groups excluding tert-OH is 2. The number of carbonyl (C=O) groups excluding carboxylic acids is 2. The largest absolute Gasteiger partial charge is 0.508 e. The lowest BCUT2D eigenvalue weighted by atomic mass is 9.99. The lowest BCUT2D eigenvalue weighted by Crippen LogP contribution is -2.61. The SMILES string of the molecule is CC(=O)OC[C@H]1O[C@H](Oc2c(-c3ccc(O)c(O)c3)oc3cc(O)cc(O)c3c2=O)[C@H](O)[C@H](OC(C)=O)[C@@H]1O. The van der Waals surface area contributed by atoms with Crippen LogP contribution in [0.1, 0.15) is 13.8 Å². The molecule has 5 atom stereocenters. The van der Waals surface area contributed by atoms with Crippen molar-refractivity contribution in [3.63, 3.8) is 0 Å². The molecule has 14 nitrogen and oxygen atoms in total. The van der Waals surface area contributed by atoms with E-state index in [2.05, 4.69) is 0 Å². The number of benzene rings is 2. The van der Waals surface area contributed by atoms with Gasteiger partial charge in [0.05, 0.1) is 0 Å². The van der Waals surface area contributed by atoms with E-state index in [-0.39, 0.29) is 16.9 Å². The second kappa shape index (κ2) is 10.7. The van der Waals surface area contributed by atoms with Gasteiger partial charge in [0.25, 0.3) is 0 Å². The topological polar surface area (TPSA) is 223 Å². The van der Waals surface area contributed by atoms with E-state index in [0.29, 0.717) is 0 Å². The summed E-state index contributed by atoms with van der Waals surface area (Å²) in [5.74, 6) is -4.83. The van der Waals surface area contributed by atoms with E-state index in [0.717, 1.165) is 38.1 Å². The Morgan fingerprint density at radius 1 is 0.923 bits per heavy atom. The number of rotatable bonds is 6. The van der Waals surface area contributed by atoms with Crippen molar-refractivity contribution in [1.29, 1.82) is 0 Å². The maximum Gasteiger partial charge on any atom is 0.303 e. The summed E-state index contributed by atoms with van der Waals surface area (Å²) >= 11 is 0. The predicted molar refractivity (Wildman–Crippen MR) is 128 cm³/mol. The van der Waals surface area contributed by atoms with Crippen LogP contribution >= 0.6 is 0 Å². The van der Waals surface area contributed by atoms with Crippen molar-refractivity contribution in [2.45, 2.75) is 44.6 Å². The van der Waals surface area contributed by atoms with Crippen molar-refractivity contribution < 1.29 is 63.6 Å². The van der Waals surface area contributed by atoms with Gasteiger partial charge in [-0.2, -0.15) is 0 Å². The van der Waals surface area contributed by atoms with Gasteiger partial charge in [-0.25, -0.2) is 0 Å². The molecule has 1 aromatic heterocycles. The number of aliphatic hydroxyl groups is 2. The maximum atomic E-state index is 13.5. The quantitative estimate of drug-likeness (QED) is 0.183. The molecule has 0 spiro atoms. The third-order valence-corrected chi connectivity index (χ3v) is 5.78. The summed E-state index contributed by atoms with van der Waals surface area (Å²) in [5, 5.41) is 60.9. The normalized spacial score (nSPS) is 22.8. The van der Waals surface area contributed by atoms with Crippen molar-refractivity contribution in [1.82, 2.24) is 0 Å². The third-order valence-electron chi connectivity index (χ3n) is 5.78. The fourth-order valence-corrected chi connectivity index (χ4v) is 4.01. The summed E-state index contributed by atoms with van der Waals surface area (Å²) in [6.45, 7) is 1.59. The molecule has 0 aliphatic carbocycles. The van der Waals surface area contributed by atoms with Crippen molar-refractivity contribution >= 4 is 22.9 Å². The summed E-state index contributed by atoms with van der Waals surface area (Å²) in [6.07, 6.45) is -8.41. The van der Waals surface area contributed by atoms with Crippen LogP contribution in [0.25, 0.3) is 22.3 Å². The van der Waals surface area contributed by atoms with Crippen molar-refractivity contribution in [2.75, 3.05) is 6.61 Å². The van der Waals surface area contributed by atoms with Crippen LogP contribution in [0.15, 0.2) is 39.5 Å². The van der Waals surface area contributed by atoms with Crippen LogP contribution in [0.5, 0.6) is 28.7 Å². The first-order valence-electron chi connectivity index (χ1n) is 11.4. The zero-order chi connectivity index (χ0) is 28.6. The van der Waals surface area contributed by atoms with E-state index in [1.807, 2.05) is 0 Å². The highest BCUT2D eigenvalue weighted by atomic mass is 16.7. The van der Waals surface area contributed by atoms with Crippen LogP contribution in [-0.4, -0.2) is 79.9 Å². The second-order valence-electron chi connectivity index (χ2n) is 8.65. The minimum absolute atomic E-state index is 0.0135. The molecule has 3 aromatic rings. The molecule has 14 heteroatoms. The maximum absolute atomic E-state index is 13.5. The predicted octanol–water partition coefficient (Wildman–Crippen LogP) is 0.603. The van der Waals surface area contributed by atoms with Crippen molar-refractivity contribution in [3.8, 4) is 40.1 Å². The Morgan fingerprint density at radius 2 is 1.64 bits per heavy atom. The van der Waals surface area contributed by atoms with Gasteiger partial charge in [-0.3, -0.25) is 14.4 Å². The summed E-state index contributed by atoms with van der Waals surface area (Å²) < 4.78 is 26.9. The standard InChI is InChI=1S/C25H24O14/c1-9(26)35-8-17-19(32)23(36-10(2)27)21(34)25(38-17)39-24-20(33)18-15(31)6-12(28)7-16(18)37-22(24)11-3-4-13(29)14(30)5-11/h3-7,17,19,21,23,25,28-32,34H,8H2,1-2H3/t17-,19-,21-,23-,25-/m1/s1. The monoisotopic (exact) mass is 548 g/mol. The number of fused-ring (bicyclic) bond motifs is 1. The van der Waals surface area contributed by atoms with Crippen molar-refractivity contribution in [2.24, 2.45) is 0 Å². The summed E-state index contributed by atoms with van der Waals surface area (Å²) in [7, 11) is 0. The van der Waals surface area contributed by atoms with Gasteiger partial charge < -0.3 is 54.0 Å². The van der Waals surface area contributed by atoms with Crippen LogP contribution in [-0.2, 0) is 23.8 Å². The number of phenolic OH excluding ortho intramolecular Hbond substituents is 4. The van der Waals surface area contributed by atoms with Gasteiger partial charge in [0, 0.05) is 31.5 Å². The van der Waals surface area contributed by atoms with Crippen LogP contribution in [0, 0.1) is 0 Å². The molecular formula is C25H24O14. The number of carbonyl (C=O) groups is 2. The van der Waals surface area contributed by atoms with Gasteiger partial charge in [0.2, 0.25) is 17.5 Å². The first-order chi connectivity index (χ1) is 18.4. The van der Waals surface area contributed by atoms with Gasteiger partial charge in [-0.1, -0.05) is 0 Å². The van der Waals surface area contributed by atoms with Gasteiger partial charge in [-0.05, 0) is 18.2 Å². The third kappa shape index (κ3) is 5.52. The highest BCUT2D eigenvalue weighted by Gasteiger charge is 2.48. The van der Waals surface area contributed by atoms with Crippen LogP contribution in [0.3, 0.4) is 0 Å². The average molecular weight is 548 g/mol. The first kappa shape index (κ1) is 27.5. The Hall–Kier alpha value is -4.53. The summed E-state index contributed by atoms with van der Waals surface area (Å²) in [5.41, 5.74) is -1.29. The summed E-state index contributed by atoms with van der Waals surface area (Å²) in [4.78, 5) is 36.5. The Labute approximate surface area is 218 Å². The number of hydrogen-bond acceptors (Lipinski definition) is 14. The van der Waals surface area contributed by atoms with Crippen LogP contribution < -0.4 is 10.2 Å². The fraction of sp³-hybridized carbons (Fsp3) is 0.320. The number of hydrogen-bond donors (Lipinski definition) is 6. The van der Waals surface area contributed by atoms with E-state index >= 15 is 0 Å². The molecule has 1 aliphatic rings. The van der Waals surface area contributed by atoms with Gasteiger partial charge >= 0.3 is 11.9 Å². The highest BCUT2D eigenvalue weighted by Crippen LogP contribution is 2.39. The van der Waals surface area contributed by atoms with Crippen LogP contribution in [0.2, 0.25) is 0 Å². The number of phenols is 4. The van der Waals surface area contributed by atoms with E-state index in [1.165, 1.54) is 6.07 Å². The molecule has 4 rings (SSSR count). The lowest BCUT2D eigenvalue weighted by molar-refractivity contribution is -0.282. The molecule has 0 unspecified atom stereocenters. The molecule has 1 fully saturated rings. The van der Waals surface area contributed by atoms with E-state index in [1.54, 1.807) is 0 Å². The Bertz CT molecular complexity index is 1480. The smallest absolute Gasteiger partial charge is 0.303 e. The van der Waals surface area contributed by atoms with Gasteiger partial charge in [-0.15, -0.1) is 0 Å². The van der Waals surface area contributed by atoms with Crippen LogP contribution in [0.4, 0.5) is 0 Å². The second-order valence-corrected chi connectivity index (χ2v) is 8.65. The molecular weight excluding hydrogens is 524 g/mol. The lowest BCUT2D eigenvalue weighted by Gasteiger charge is -2.41. The Balaban J connectivity index is 1.85. The van der Waals surface area contributed by atoms with Gasteiger partial charge in [0.15, 0.2) is 29.5 Å². The fourth-order valence-electron chi connectivity index (χ4n) is 4.01. The molecule has 2 heterocycles. The number of ether oxygens (including phenoxy) is 4. The molecule has 6 N–H and O–H groups in total. The van der Waals surface area contributed by atoms with E-state index < -0.39 is 88.8 Å². The van der Waals surface area contributed by atoms with Gasteiger partial charge in [0.1, 0.15) is 41.3 Å². The molecule has 0 bridgehead atoms. The van der Waals surface area contributed by atoms with E-state index in [9.17, 15) is 45.0 Å². The molecule has 2 aromatic carbocycles. The molecule has 1 saturated heterocycles. The molecule has 39 heavy (non-hydrogen) atoms. The first-order valence-corrected chi connectivity index (χ1v) is 11.4. The number of aromatic hydroxyl groups is 4. The molecule has 0 saturated carbocycles. The average Bonchev–Trinajstić information content (AvgIpc) is 2.85. The molecule has 208 valence electrons. The number of esters is 2. The summed E-state index contributed by atoms with van der Waals surface area (Å²) in [6, 6.07) is 5.29. The molecule has 0 radical (unpaired) electrons. The molecule has 1 aliphatic heterocycles.